The summed E-state index contributed by atoms with van der Waals surface area (Å²) in [6, 6.07) is 12.0. The van der Waals surface area contributed by atoms with E-state index in [0.717, 1.165) is 4.90 Å². The Labute approximate surface area is 108 Å². The molecule has 88 valence electrons. The first-order valence-electron chi connectivity index (χ1n) is 5.02. The van der Waals surface area contributed by atoms with Crippen LogP contribution in [0.2, 0.25) is 5.02 Å². The van der Waals surface area contributed by atoms with Gasteiger partial charge in [-0.15, -0.1) is 0 Å². The van der Waals surface area contributed by atoms with Crippen molar-refractivity contribution in [1.29, 1.82) is 0 Å². The molecule has 0 bridgehead atoms. The van der Waals surface area contributed by atoms with Crippen LogP contribution in [0, 0.1) is 5.82 Å². The van der Waals surface area contributed by atoms with Crippen LogP contribution in [0.15, 0.2) is 52.3 Å². The molecule has 0 saturated carbocycles. The Hall–Kier alpha value is -1.03. The Kier molecular flexibility index (Phi) is 4.05. The monoisotopic (exact) mass is 268 g/mol. The number of aliphatic hydroxyl groups excluding tert-OH is 1. The largest absolute Gasteiger partial charge is 0.392 e. The Bertz CT molecular complexity index is 531. The second-order valence-electron chi connectivity index (χ2n) is 3.48. The molecule has 2 aromatic carbocycles. The summed E-state index contributed by atoms with van der Waals surface area (Å²) in [4.78, 5) is 1.40. The minimum Gasteiger partial charge on any atom is -0.392 e. The van der Waals surface area contributed by atoms with Gasteiger partial charge >= 0.3 is 0 Å². The molecule has 0 aromatic heterocycles. The zero-order valence-corrected chi connectivity index (χ0v) is 10.4. The lowest BCUT2D eigenvalue weighted by Gasteiger charge is -2.05. The van der Waals surface area contributed by atoms with Crippen molar-refractivity contribution in [2.45, 2.75) is 16.4 Å². The molecule has 0 aliphatic carbocycles. The Morgan fingerprint density at radius 2 is 2.00 bits per heavy atom. The van der Waals surface area contributed by atoms with Crippen molar-refractivity contribution in [2.24, 2.45) is 0 Å². The molecular weight excluding hydrogens is 259 g/mol. The van der Waals surface area contributed by atoms with Gasteiger partial charge in [0.2, 0.25) is 0 Å². The molecule has 0 unspecified atom stereocenters. The molecule has 1 N–H and O–H groups in total. The molecule has 17 heavy (non-hydrogen) atoms. The lowest BCUT2D eigenvalue weighted by Crippen LogP contribution is -1.87. The molecule has 0 fully saturated rings. The highest BCUT2D eigenvalue weighted by Crippen LogP contribution is 2.31. The Morgan fingerprint density at radius 3 is 2.65 bits per heavy atom. The SMILES string of the molecule is OCc1ccc(Sc2cccc(Cl)c2)c(F)c1. The predicted octanol–water partition coefficient (Wildman–Crippen LogP) is 4.12. The Morgan fingerprint density at radius 1 is 1.18 bits per heavy atom. The maximum absolute atomic E-state index is 13.7. The van der Waals surface area contributed by atoms with Crippen LogP contribution in [0.4, 0.5) is 4.39 Å². The van der Waals surface area contributed by atoms with Crippen molar-refractivity contribution < 1.29 is 9.50 Å². The summed E-state index contributed by atoms with van der Waals surface area (Å²) in [7, 11) is 0. The van der Waals surface area contributed by atoms with Crippen LogP contribution in [-0.2, 0) is 6.61 Å². The van der Waals surface area contributed by atoms with E-state index in [4.69, 9.17) is 16.7 Å². The fourth-order valence-corrected chi connectivity index (χ4v) is 2.52. The molecule has 0 amide bonds. The second kappa shape index (κ2) is 5.54. The summed E-state index contributed by atoms with van der Waals surface area (Å²) in [6.07, 6.45) is 0. The van der Waals surface area contributed by atoms with Gasteiger partial charge in [-0.1, -0.05) is 35.5 Å². The highest BCUT2D eigenvalue weighted by molar-refractivity contribution is 7.99. The van der Waals surface area contributed by atoms with Crippen molar-refractivity contribution >= 4 is 23.4 Å². The highest BCUT2D eigenvalue weighted by atomic mass is 35.5. The lowest BCUT2D eigenvalue weighted by molar-refractivity contribution is 0.281. The molecule has 0 saturated heterocycles. The van der Waals surface area contributed by atoms with E-state index in [2.05, 4.69) is 0 Å². The topological polar surface area (TPSA) is 20.2 Å². The van der Waals surface area contributed by atoms with Crippen molar-refractivity contribution in [3.8, 4) is 0 Å². The third-order valence-electron chi connectivity index (χ3n) is 2.20. The van der Waals surface area contributed by atoms with Gasteiger partial charge in [-0.25, -0.2) is 4.39 Å². The van der Waals surface area contributed by atoms with Gasteiger partial charge in [0.25, 0.3) is 0 Å². The smallest absolute Gasteiger partial charge is 0.137 e. The first-order valence-corrected chi connectivity index (χ1v) is 6.21. The molecule has 2 aromatic rings. The number of benzene rings is 2. The van der Waals surface area contributed by atoms with Gasteiger partial charge in [-0.05, 0) is 35.9 Å². The van der Waals surface area contributed by atoms with E-state index >= 15 is 0 Å². The van der Waals surface area contributed by atoms with Crippen LogP contribution in [0.5, 0.6) is 0 Å². The van der Waals surface area contributed by atoms with Gasteiger partial charge in [0, 0.05) is 14.8 Å². The van der Waals surface area contributed by atoms with Gasteiger partial charge in [-0.2, -0.15) is 0 Å². The van der Waals surface area contributed by atoms with E-state index in [1.807, 2.05) is 12.1 Å². The minimum atomic E-state index is -0.332. The van der Waals surface area contributed by atoms with Crippen molar-refractivity contribution in [3.63, 3.8) is 0 Å². The summed E-state index contributed by atoms with van der Waals surface area (Å²) in [5.74, 6) is -0.332. The molecule has 0 spiro atoms. The average Bonchev–Trinajstić information content (AvgIpc) is 2.32. The van der Waals surface area contributed by atoms with Crippen LogP contribution >= 0.6 is 23.4 Å². The van der Waals surface area contributed by atoms with Gasteiger partial charge < -0.3 is 5.11 Å². The molecule has 0 aliphatic rings. The van der Waals surface area contributed by atoms with E-state index in [-0.39, 0.29) is 12.4 Å². The van der Waals surface area contributed by atoms with E-state index in [0.29, 0.717) is 15.5 Å². The predicted molar refractivity (Wildman–Crippen MR) is 67.9 cm³/mol. The zero-order valence-electron chi connectivity index (χ0n) is 8.86. The first kappa shape index (κ1) is 12.4. The summed E-state index contributed by atoms with van der Waals surface area (Å²) < 4.78 is 13.7. The van der Waals surface area contributed by atoms with E-state index in [1.165, 1.54) is 17.8 Å². The molecule has 0 aliphatic heterocycles. The van der Waals surface area contributed by atoms with Crippen LogP contribution in [0.25, 0.3) is 0 Å². The Balaban J connectivity index is 2.24. The number of aliphatic hydroxyl groups is 1. The van der Waals surface area contributed by atoms with Crippen LogP contribution in [-0.4, -0.2) is 5.11 Å². The number of hydrogen-bond donors (Lipinski definition) is 1. The standard InChI is InChI=1S/C13H10ClFOS/c14-10-2-1-3-11(7-10)17-13-5-4-9(8-16)6-12(13)15/h1-7,16H,8H2. The molecule has 0 heterocycles. The number of rotatable bonds is 3. The quantitative estimate of drug-likeness (QED) is 0.903. The third-order valence-corrected chi connectivity index (χ3v) is 3.48. The van der Waals surface area contributed by atoms with Crippen LogP contribution in [0.3, 0.4) is 0 Å². The van der Waals surface area contributed by atoms with E-state index in [1.54, 1.807) is 24.3 Å². The van der Waals surface area contributed by atoms with Crippen molar-refractivity contribution in [3.05, 3.63) is 58.9 Å². The van der Waals surface area contributed by atoms with Gasteiger partial charge in [-0.3, -0.25) is 0 Å². The average molecular weight is 269 g/mol. The second-order valence-corrected chi connectivity index (χ2v) is 5.03. The zero-order chi connectivity index (χ0) is 12.3. The third kappa shape index (κ3) is 3.22. The summed E-state index contributed by atoms with van der Waals surface area (Å²) in [5.41, 5.74) is 0.568. The molecular formula is C13H10ClFOS. The van der Waals surface area contributed by atoms with Crippen LogP contribution < -0.4 is 0 Å². The fourth-order valence-electron chi connectivity index (χ4n) is 1.38. The van der Waals surface area contributed by atoms with Crippen molar-refractivity contribution in [2.75, 3.05) is 0 Å². The summed E-state index contributed by atoms with van der Waals surface area (Å²) >= 11 is 7.16. The summed E-state index contributed by atoms with van der Waals surface area (Å²) in [5, 5.41) is 9.52. The molecule has 1 nitrogen and oxygen atoms in total. The normalized spacial score (nSPS) is 10.5. The van der Waals surface area contributed by atoms with Gasteiger partial charge in [0.1, 0.15) is 5.82 Å². The number of halogens is 2. The maximum Gasteiger partial charge on any atom is 0.137 e. The number of hydrogen-bond acceptors (Lipinski definition) is 2. The van der Waals surface area contributed by atoms with Gasteiger partial charge in [0.15, 0.2) is 0 Å². The highest BCUT2D eigenvalue weighted by Gasteiger charge is 2.05. The molecule has 2 rings (SSSR count). The lowest BCUT2D eigenvalue weighted by atomic mass is 10.2. The minimum absolute atomic E-state index is 0.154. The van der Waals surface area contributed by atoms with E-state index in [9.17, 15) is 4.39 Å². The van der Waals surface area contributed by atoms with Crippen molar-refractivity contribution in [1.82, 2.24) is 0 Å². The molecule has 0 atom stereocenters. The summed E-state index contributed by atoms with van der Waals surface area (Å²) in [6.45, 7) is -0.154. The molecule has 4 heteroatoms. The van der Waals surface area contributed by atoms with Gasteiger partial charge in [0.05, 0.1) is 6.61 Å². The van der Waals surface area contributed by atoms with E-state index < -0.39 is 0 Å². The first-order chi connectivity index (χ1) is 8.19. The van der Waals surface area contributed by atoms with Crippen LogP contribution in [0.1, 0.15) is 5.56 Å². The molecule has 0 radical (unpaired) electrons. The maximum atomic E-state index is 13.7. The fraction of sp³-hybridized carbons (Fsp3) is 0.0769.